The van der Waals surface area contributed by atoms with Crippen LogP contribution in [0.5, 0.6) is 0 Å². The van der Waals surface area contributed by atoms with E-state index in [1.54, 1.807) is 0 Å². The summed E-state index contributed by atoms with van der Waals surface area (Å²) in [6.45, 7) is 2.27. The SMILES string of the molecule is NC(=O)CSc1ccccc1NC(=O)C[NH+]1CCc2ccccc2C1. The van der Waals surface area contributed by atoms with Gasteiger partial charge in [-0.3, -0.25) is 9.59 Å². The molecule has 1 unspecified atom stereocenters. The molecule has 0 radical (unpaired) electrons. The van der Waals surface area contributed by atoms with Crippen LogP contribution in [0.3, 0.4) is 0 Å². The molecule has 3 rings (SSSR count). The van der Waals surface area contributed by atoms with E-state index in [4.69, 9.17) is 5.73 Å². The molecule has 0 fully saturated rings. The van der Waals surface area contributed by atoms with Gasteiger partial charge in [0.05, 0.1) is 18.0 Å². The Morgan fingerprint density at radius 2 is 1.80 bits per heavy atom. The Morgan fingerprint density at radius 1 is 1.08 bits per heavy atom. The molecule has 0 spiro atoms. The van der Waals surface area contributed by atoms with Crippen molar-refractivity contribution in [1.82, 2.24) is 0 Å². The number of amides is 2. The van der Waals surface area contributed by atoms with E-state index in [-0.39, 0.29) is 17.6 Å². The van der Waals surface area contributed by atoms with Crippen molar-refractivity contribution < 1.29 is 14.5 Å². The number of nitrogens with two attached hydrogens (primary N) is 1. The summed E-state index contributed by atoms with van der Waals surface area (Å²) in [5.41, 5.74) is 8.65. The van der Waals surface area contributed by atoms with Gasteiger partial charge in [0.15, 0.2) is 6.54 Å². The number of para-hydroxylation sites is 1. The van der Waals surface area contributed by atoms with Crippen LogP contribution in [0.15, 0.2) is 53.4 Å². The number of carbonyl (C=O) groups is 2. The number of thioether (sulfide) groups is 1. The third-order valence-electron chi connectivity index (χ3n) is 4.25. The van der Waals surface area contributed by atoms with Crippen LogP contribution in [0.2, 0.25) is 0 Å². The highest BCUT2D eigenvalue weighted by Crippen LogP contribution is 2.26. The molecule has 4 N–H and O–H groups in total. The van der Waals surface area contributed by atoms with Gasteiger partial charge in [0, 0.05) is 16.9 Å². The van der Waals surface area contributed by atoms with E-state index in [1.165, 1.54) is 27.8 Å². The molecular weight excluding hydrogens is 334 g/mol. The van der Waals surface area contributed by atoms with Crippen molar-refractivity contribution in [2.24, 2.45) is 5.73 Å². The van der Waals surface area contributed by atoms with Crippen molar-refractivity contribution >= 4 is 29.3 Å². The topological polar surface area (TPSA) is 76.6 Å². The Hall–Kier alpha value is -2.31. The molecule has 1 atom stereocenters. The molecule has 0 saturated heterocycles. The summed E-state index contributed by atoms with van der Waals surface area (Å²) in [6.07, 6.45) is 1.00. The van der Waals surface area contributed by atoms with Crippen LogP contribution in [0.1, 0.15) is 11.1 Å². The summed E-state index contributed by atoms with van der Waals surface area (Å²) in [5, 5.41) is 2.97. The zero-order chi connectivity index (χ0) is 17.6. The van der Waals surface area contributed by atoms with Crippen LogP contribution in [0.4, 0.5) is 5.69 Å². The Kier molecular flexibility index (Phi) is 5.73. The van der Waals surface area contributed by atoms with E-state index in [0.29, 0.717) is 6.54 Å². The number of benzene rings is 2. The quantitative estimate of drug-likeness (QED) is 0.672. The number of quaternary nitrogens is 1. The fraction of sp³-hybridized carbons (Fsp3) is 0.263. The van der Waals surface area contributed by atoms with Gasteiger partial charge in [-0.2, -0.15) is 0 Å². The molecule has 1 aliphatic rings. The summed E-state index contributed by atoms with van der Waals surface area (Å²) < 4.78 is 0. The molecule has 130 valence electrons. The second-order valence-corrected chi connectivity index (χ2v) is 7.19. The van der Waals surface area contributed by atoms with Crippen LogP contribution >= 0.6 is 11.8 Å². The Balaban J connectivity index is 1.59. The predicted molar refractivity (Wildman–Crippen MR) is 99.5 cm³/mol. The minimum absolute atomic E-state index is 0.0125. The molecular formula is C19H22N3O2S+. The molecule has 0 bridgehead atoms. The minimum Gasteiger partial charge on any atom is -0.369 e. The molecule has 1 aliphatic heterocycles. The molecule has 2 amide bonds. The molecule has 0 aliphatic carbocycles. The van der Waals surface area contributed by atoms with Gasteiger partial charge in [-0.15, -0.1) is 11.8 Å². The van der Waals surface area contributed by atoms with Gasteiger partial charge in [0.25, 0.3) is 5.91 Å². The first-order valence-corrected chi connectivity index (χ1v) is 9.30. The zero-order valence-electron chi connectivity index (χ0n) is 14.0. The number of carbonyl (C=O) groups excluding carboxylic acids is 2. The molecule has 5 nitrogen and oxygen atoms in total. The first kappa shape index (κ1) is 17.5. The predicted octanol–water partition coefficient (Wildman–Crippen LogP) is 0.844. The second kappa shape index (κ2) is 8.18. The number of rotatable bonds is 6. The van der Waals surface area contributed by atoms with Gasteiger partial charge >= 0.3 is 0 Å². The van der Waals surface area contributed by atoms with Crippen molar-refractivity contribution in [3.05, 3.63) is 59.7 Å². The molecule has 6 heteroatoms. The van der Waals surface area contributed by atoms with Gasteiger partial charge in [0.2, 0.25) is 5.91 Å². The molecule has 2 aromatic rings. The van der Waals surface area contributed by atoms with Crippen molar-refractivity contribution in [2.45, 2.75) is 17.9 Å². The summed E-state index contributed by atoms with van der Waals surface area (Å²) in [5.74, 6) is -0.190. The highest BCUT2D eigenvalue weighted by Gasteiger charge is 2.21. The number of hydrogen-bond donors (Lipinski definition) is 3. The maximum atomic E-state index is 12.5. The van der Waals surface area contributed by atoms with Crippen LogP contribution in [0, 0.1) is 0 Å². The van der Waals surface area contributed by atoms with Gasteiger partial charge < -0.3 is 16.0 Å². The monoisotopic (exact) mass is 356 g/mol. The number of fused-ring (bicyclic) bond motifs is 1. The van der Waals surface area contributed by atoms with Crippen molar-refractivity contribution in [2.75, 3.05) is 24.2 Å². The van der Waals surface area contributed by atoms with E-state index >= 15 is 0 Å². The largest absolute Gasteiger partial charge is 0.369 e. The lowest BCUT2D eigenvalue weighted by Gasteiger charge is -2.25. The van der Waals surface area contributed by atoms with E-state index < -0.39 is 0 Å². The lowest BCUT2D eigenvalue weighted by atomic mass is 10.00. The van der Waals surface area contributed by atoms with Crippen LogP contribution in [-0.4, -0.2) is 30.7 Å². The summed E-state index contributed by atoms with van der Waals surface area (Å²) in [4.78, 5) is 25.5. The Bertz CT molecular complexity index is 779. The molecule has 0 aromatic heterocycles. The Labute approximate surface area is 151 Å². The third kappa shape index (κ3) is 4.84. The van der Waals surface area contributed by atoms with Gasteiger partial charge in [-0.25, -0.2) is 0 Å². The van der Waals surface area contributed by atoms with Gasteiger partial charge in [-0.05, 0) is 17.7 Å². The maximum absolute atomic E-state index is 12.5. The summed E-state index contributed by atoms with van der Waals surface area (Å²) in [6, 6.07) is 15.9. The van der Waals surface area contributed by atoms with E-state index in [1.807, 2.05) is 30.3 Å². The number of hydrogen-bond acceptors (Lipinski definition) is 3. The number of nitrogens with one attached hydrogen (secondary N) is 2. The highest BCUT2D eigenvalue weighted by molar-refractivity contribution is 8.00. The van der Waals surface area contributed by atoms with Crippen LogP contribution in [-0.2, 0) is 22.6 Å². The van der Waals surface area contributed by atoms with Crippen molar-refractivity contribution in [1.29, 1.82) is 0 Å². The summed E-state index contributed by atoms with van der Waals surface area (Å²) in [7, 11) is 0. The van der Waals surface area contributed by atoms with Crippen molar-refractivity contribution in [3.63, 3.8) is 0 Å². The smallest absolute Gasteiger partial charge is 0.279 e. The number of primary amides is 1. The maximum Gasteiger partial charge on any atom is 0.279 e. The van der Waals surface area contributed by atoms with E-state index in [9.17, 15) is 9.59 Å². The summed E-state index contributed by atoms with van der Waals surface area (Å²) >= 11 is 1.34. The first-order valence-electron chi connectivity index (χ1n) is 8.32. The van der Waals surface area contributed by atoms with E-state index in [2.05, 4.69) is 23.5 Å². The zero-order valence-corrected chi connectivity index (χ0v) is 14.8. The molecule has 1 heterocycles. The lowest BCUT2D eigenvalue weighted by Crippen LogP contribution is -3.12. The molecule has 0 saturated carbocycles. The lowest BCUT2D eigenvalue weighted by molar-refractivity contribution is -0.907. The normalized spacial score (nSPS) is 16.1. The van der Waals surface area contributed by atoms with Crippen LogP contribution in [0.25, 0.3) is 0 Å². The molecule has 25 heavy (non-hydrogen) atoms. The number of anilines is 1. The standard InChI is InChI=1S/C19H21N3O2S/c20-18(23)13-25-17-8-4-3-7-16(17)21-19(24)12-22-10-9-14-5-1-2-6-15(14)11-22/h1-8H,9-13H2,(H2,20,23)(H,21,24)/p+1. The fourth-order valence-electron chi connectivity index (χ4n) is 3.06. The molecule has 2 aromatic carbocycles. The van der Waals surface area contributed by atoms with Crippen molar-refractivity contribution in [3.8, 4) is 0 Å². The average molecular weight is 356 g/mol. The van der Waals surface area contributed by atoms with E-state index in [0.717, 1.165) is 30.1 Å². The first-order chi connectivity index (χ1) is 12.1. The minimum atomic E-state index is -0.373. The average Bonchev–Trinajstić information content (AvgIpc) is 2.60. The fourth-order valence-corrected chi connectivity index (χ4v) is 3.81. The highest BCUT2D eigenvalue weighted by atomic mass is 32.2. The van der Waals surface area contributed by atoms with Gasteiger partial charge in [-0.1, -0.05) is 36.4 Å². The third-order valence-corrected chi connectivity index (χ3v) is 5.34. The van der Waals surface area contributed by atoms with Gasteiger partial charge in [0.1, 0.15) is 6.54 Å². The Morgan fingerprint density at radius 3 is 2.60 bits per heavy atom. The van der Waals surface area contributed by atoms with Crippen LogP contribution < -0.4 is 16.0 Å². The second-order valence-electron chi connectivity index (χ2n) is 6.17.